The summed E-state index contributed by atoms with van der Waals surface area (Å²) in [6.07, 6.45) is 5.60. The maximum Gasteiger partial charge on any atom is 0.227 e. The zero-order valence-electron chi connectivity index (χ0n) is 17.4. The van der Waals surface area contributed by atoms with Gasteiger partial charge in [-0.3, -0.25) is 14.2 Å². The van der Waals surface area contributed by atoms with Crippen molar-refractivity contribution in [1.82, 2.24) is 19.9 Å². The second-order valence-electron chi connectivity index (χ2n) is 6.93. The fourth-order valence-electron chi connectivity index (χ4n) is 3.13. The van der Waals surface area contributed by atoms with Gasteiger partial charge in [0.05, 0.1) is 12.5 Å². The first kappa shape index (κ1) is 21.7. The monoisotopic (exact) mass is 416 g/mol. The number of nitriles is 1. The summed E-state index contributed by atoms with van der Waals surface area (Å²) in [6, 6.07) is 15.0. The van der Waals surface area contributed by atoms with Crippen LogP contribution in [0.2, 0.25) is 0 Å². The minimum Gasteiger partial charge on any atom is -0.352 e. The van der Waals surface area contributed by atoms with Crippen LogP contribution >= 0.6 is 0 Å². The van der Waals surface area contributed by atoms with E-state index in [0.29, 0.717) is 13.1 Å². The van der Waals surface area contributed by atoms with E-state index in [1.807, 2.05) is 60.2 Å². The van der Waals surface area contributed by atoms with Crippen LogP contribution in [0.4, 0.5) is 5.69 Å². The summed E-state index contributed by atoms with van der Waals surface area (Å²) in [5.74, 6) is 1.16. The number of anilines is 1. The molecule has 0 radical (unpaired) electrons. The summed E-state index contributed by atoms with van der Waals surface area (Å²) in [6.45, 7) is 2.53. The SMILES string of the molecule is Cc1nccn1-c1cc(CNC(=O)CCC(=O)N(CCC#N)c2ccccc2)ccn1. The molecule has 0 fully saturated rings. The third kappa shape index (κ3) is 6.00. The zero-order chi connectivity index (χ0) is 22.1. The van der Waals surface area contributed by atoms with Crippen molar-refractivity contribution in [1.29, 1.82) is 5.26 Å². The molecule has 1 N–H and O–H groups in total. The molecule has 0 aliphatic heterocycles. The van der Waals surface area contributed by atoms with Crippen LogP contribution in [0.15, 0.2) is 61.1 Å². The first-order chi connectivity index (χ1) is 15.1. The third-order valence-corrected chi connectivity index (χ3v) is 4.75. The van der Waals surface area contributed by atoms with E-state index >= 15 is 0 Å². The van der Waals surface area contributed by atoms with Gasteiger partial charge in [0.1, 0.15) is 11.6 Å². The number of hydrogen-bond acceptors (Lipinski definition) is 5. The highest BCUT2D eigenvalue weighted by molar-refractivity contribution is 5.95. The van der Waals surface area contributed by atoms with E-state index in [1.165, 1.54) is 0 Å². The van der Waals surface area contributed by atoms with Crippen molar-refractivity contribution in [3.63, 3.8) is 0 Å². The number of carbonyl (C=O) groups is 2. The number of carbonyl (C=O) groups excluding carboxylic acids is 2. The standard InChI is InChI=1S/C23H24N6O2/c1-18-25-13-15-28(18)21-16-19(10-12-26-21)17-27-22(30)8-9-23(31)29(14-5-11-24)20-6-3-2-4-7-20/h2-4,6-7,10,12-13,15-16H,5,8-9,14,17H2,1H3,(H,27,30). The normalized spacial score (nSPS) is 10.3. The van der Waals surface area contributed by atoms with Crippen LogP contribution in [0.5, 0.6) is 0 Å². The average molecular weight is 416 g/mol. The van der Waals surface area contributed by atoms with Crippen LogP contribution in [-0.4, -0.2) is 32.9 Å². The quantitative estimate of drug-likeness (QED) is 0.578. The Labute approximate surface area is 181 Å². The van der Waals surface area contributed by atoms with Gasteiger partial charge in [-0.15, -0.1) is 0 Å². The molecule has 2 aromatic heterocycles. The molecule has 0 atom stereocenters. The molecule has 3 aromatic rings. The topological polar surface area (TPSA) is 104 Å². The predicted molar refractivity (Wildman–Crippen MR) is 116 cm³/mol. The highest BCUT2D eigenvalue weighted by Gasteiger charge is 2.16. The number of hydrogen-bond donors (Lipinski definition) is 1. The Balaban J connectivity index is 1.53. The largest absolute Gasteiger partial charge is 0.352 e. The van der Waals surface area contributed by atoms with Crippen molar-refractivity contribution >= 4 is 17.5 Å². The van der Waals surface area contributed by atoms with E-state index < -0.39 is 0 Å². The lowest BCUT2D eigenvalue weighted by Gasteiger charge is -2.21. The van der Waals surface area contributed by atoms with Gasteiger partial charge in [-0.25, -0.2) is 9.97 Å². The van der Waals surface area contributed by atoms with Crippen LogP contribution in [-0.2, 0) is 16.1 Å². The summed E-state index contributed by atoms with van der Waals surface area (Å²) in [7, 11) is 0. The minimum absolute atomic E-state index is 0.0714. The molecule has 0 bridgehead atoms. The van der Waals surface area contributed by atoms with Gasteiger partial charge >= 0.3 is 0 Å². The Hall–Kier alpha value is -3.99. The van der Waals surface area contributed by atoms with Crippen molar-refractivity contribution in [3.8, 4) is 11.9 Å². The van der Waals surface area contributed by atoms with Gasteiger partial charge in [0.25, 0.3) is 0 Å². The van der Waals surface area contributed by atoms with Gasteiger partial charge in [0.15, 0.2) is 0 Å². The number of nitrogens with zero attached hydrogens (tertiary/aromatic N) is 5. The lowest BCUT2D eigenvalue weighted by Crippen LogP contribution is -2.33. The Bertz CT molecular complexity index is 1070. The van der Waals surface area contributed by atoms with Crippen LogP contribution in [0.25, 0.3) is 5.82 Å². The number of pyridine rings is 1. The minimum atomic E-state index is -0.209. The number of aryl methyl sites for hydroxylation is 1. The van der Waals surface area contributed by atoms with Gasteiger partial charge in [-0.2, -0.15) is 5.26 Å². The average Bonchev–Trinajstić information content (AvgIpc) is 3.23. The van der Waals surface area contributed by atoms with Gasteiger partial charge in [-0.1, -0.05) is 18.2 Å². The van der Waals surface area contributed by atoms with Gasteiger partial charge < -0.3 is 10.2 Å². The Morgan fingerprint density at radius 3 is 2.65 bits per heavy atom. The molecule has 3 rings (SSSR count). The molecule has 8 heteroatoms. The lowest BCUT2D eigenvalue weighted by atomic mass is 10.2. The summed E-state index contributed by atoms with van der Waals surface area (Å²) in [5, 5.41) is 11.7. The second kappa shape index (κ2) is 10.7. The predicted octanol–water partition coefficient (Wildman–Crippen LogP) is 2.92. The second-order valence-corrected chi connectivity index (χ2v) is 6.93. The lowest BCUT2D eigenvalue weighted by molar-refractivity contribution is -0.125. The third-order valence-electron chi connectivity index (χ3n) is 4.75. The van der Waals surface area contributed by atoms with E-state index in [9.17, 15) is 9.59 Å². The van der Waals surface area contributed by atoms with Gasteiger partial charge in [0, 0.05) is 50.2 Å². The number of rotatable bonds is 9. The molecular formula is C23H24N6O2. The van der Waals surface area contributed by atoms with Crippen molar-refractivity contribution < 1.29 is 9.59 Å². The van der Waals surface area contributed by atoms with E-state index in [2.05, 4.69) is 21.4 Å². The number of benzene rings is 1. The first-order valence-corrected chi connectivity index (χ1v) is 10.0. The fourth-order valence-corrected chi connectivity index (χ4v) is 3.13. The number of aromatic nitrogens is 3. The summed E-state index contributed by atoms with van der Waals surface area (Å²) in [4.78, 5) is 35.0. The van der Waals surface area contributed by atoms with Crippen molar-refractivity contribution in [2.75, 3.05) is 11.4 Å². The molecule has 158 valence electrons. The molecule has 2 amide bonds. The number of para-hydroxylation sites is 1. The molecule has 0 saturated heterocycles. The summed E-state index contributed by atoms with van der Waals surface area (Å²) in [5.41, 5.74) is 1.62. The Morgan fingerprint density at radius 2 is 1.94 bits per heavy atom. The summed E-state index contributed by atoms with van der Waals surface area (Å²) >= 11 is 0. The van der Waals surface area contributed by atoms with E-state index in [4.69, 9.17) is 5.26 Å². The molecule has 0 saturated carbocycles. The molecule has 8 nitrogen and oxygen atoms in total. The van der Waals surface area contributed by atoms with Gasteiger partial charge in [-0.05, 0) is 36.8 Å². The van der Waals surface area contributed by atoms with Crippen LogP contribution in [0.3, 0.4) is 0 Å². The molecule has 2 heterocycles. The Morgan fingerprint density at radius 1 is 1.13 bits per heavy atom. The van der Waals surface area contributed by atoms with Crippen LogP contribution in [0, 0.1) is 18.3 Å². The smallest absolute Gasteiger partial charge is 0.227 e. The molecule has 1 aromatic carbocycles. The first-order valence-electron chi connectivity index (χ1n) is 10.0. The molecule has 0 aliphatic carbocycles. The Kier molecular flexibility index (Phi) is 7.49. The molecular weight excluding hydrogens is 392 g/mol. The zero-order valence-corrected chi connectivity index (χ0v) is 17.4. The number of imidazole rings is 1. The highest BCUT2D eigenvalue weighted by atomic mass is 16.2. The highest BCUT2D eigenvalue weighted by Crippen LogP contribution is 2.16. The number of amides is 2. The maximum atomic E-state index is 12.7. The molecule has 0 unspecified atom stereocenters. The fraction of sp³-hybridized carbons (Fsp3) is 0.261. The molecule has 0 spiro atoms. The van der Waals surface area contributed by atoms with E-state index in [0.717, 1.165) is 22.9 Å². The van der Waals surface area contributed by atoms with Crippen LogP contribution < -0.4 is 10.2 Å². The number of nitrogens with one attached hydrogen (secondary N) is 1. The van der Waals surface area contributed by atoms with Gasteiger partial charge in [0.2, 0.25) is 11.8 Å². The maximum absolute atomic E-state index is 12.7. The van der Waals surface area contributed by atoms with Crippen molar-refractivity contribution in [3.05, 3.63) is 72.4 Å². The van der Waals surface area contributed by atoms with E-state index in [1.54, 1.807) is 17.3 Å². The summed E-state index contributed by atoms with van der Waals surface area (Å²) < 4.78 is 1.86. The molecule has 31 heavy (non-hydrogen) atoms. The van der Waals surface area contributed by atoms with Crippen LogP contribution in [0.1, 0.15) is 30.7 Å². The van der Waals surface area contributed by atoms with Crippen molar-refractivity contribution in [2.24, 2.45) is 0 Å². The molecule has 0 aliphatic rings. The van der Waals surface area contributed by atoms with Crippen molar-refractivity contribution in [2.45, 2.75) is 32.7 Å². The van der Waals surface area contributed by atoms with E-state index in [-0.39, 0.29) is 31.1 Å².